The highest BCUT2D eigenvalue weighted by Crippen LogP contribution is 2.42. The fourth-order valence-electron chi connectivity index (χ4n) is 2.17. The van der Waals surface area contributed by atoms with Gasteiger partial charge in [0.25, 0.3) is 0 Å². The normalized spacial score (nSPS) is 28.1. The van der Waals surface area contributed by atoms with E-state index in [1.165, 1.54) is 38.5 Å². The van der Waals surface area contributed by atoms with Crippen molar-refractivity contribution in [3.05, 3.63) is 0 Å². The number of hydrogen-bond acceptors (Lipinski definition) is 1. The van der Waals surface area contributed by atoms with E-state index in [-0.39, 0.29) is 0 Å². The van der Waals surface area contributed by atoms with Gasteiger partial charge in [-0.25, -0.2) is 0 Å². The molecular weight excluding hydrogens is 134 g/mol. The van der Waals surface area contributed by atoms with Gasteiger partial charge in [-0.1, -0.05) is 32.1 Å². The van der Waals surface area contributed by atoms with Gasteiger partial charge in [-0.15, -0.1) is 0 Å². The second kappa shape index (κ2) is 3.14. The summed E-state index contributed by atoms with van der Waals surface area (Å²) in [4.78, 5) is 0. The van der Waals surface area contributed by atoms with Crippen LogP contribution in [0.25, 0.3) is 0 Å². The molecule has 0 amide bonds. The first kappa shape index (κ1) is 7.60. The molecule has 1 heteroatoms. The maximum Gasteiger partial charge on any atom is -0.00461 e. The van der Waals surface area contributed by atoms with Crippen molar-refractivity contribution in [2.24, 2.45) is 23.5 Å². The summed E-state index contributed by atoms with van der Waals surface area (Å²) >= 11 is 0. The largest absolute Gasteiger partial charge is 0.330 e. The monoisotopic (exact) mass is 153 g/mol. The molecule has 11 heavy (non-hydrogen) atoms. The summed E-state index contributed by atoms with van der Waals surface area (Å²) in [6.07, 6.45) is 8.82. The van der Waals surface area contributed by atoms with E-state index in [2.05, 4.69) is 0 Å². The highest BCUT2D eigenvalue weighted by molar-refractivity contribution is 4.84. The van der Waals surface area contributed by atoms with E-state index in [1.807, 2.05) is 0 Å². The summed E-state index contributed by atoms with van der Waals surface area (Å²) in [7, 11) is 0. The standard InChI is InChI=1S/C10H19N/c11-7-10(6-8-4-5-8)9-2-1-3-9/h8-10H,1-7,11H2/t10-/m0/s1. The Balaban J connectivity index is 1.74. The van der Waals surface area contributed by atoms with Gasteiger partial charge >= 0.3 is 0 Å². The zero-order valence-electron chi connectivity index (χ0n) is 7.26. The zero-order valence-corrected chi connectivity index (χ0v) is 7.26. The van der Waals surface area contributed by atoms with Crippen LogP contribution in [0.4, 0.5) is 0 Å². The van der Waals surface area contributed by atoms with E-state index in [9.17, 15) is 0 Å². The van der Waals surface area contributed by atoms with Gasteiger partial charge in [0.15, 0.2) is 0 Å². The van der Waals surface area contributed by atoms with Gasteiger partial charge < -0.3 is 5.73 Å². The van der Waals surface area contributed by atoms with Crippen molar-refractivity contribution in [3.63, 3.8) is 0 Å². The maximum atomic E-state index is 5.76. The molecule has 2 rings (SSSR count). The fourth-order valence-corrected chi connectivity index (χ4v) is 2.17. The van der Waals surface area contributed by atoms with Crippen molar-refractivity contribution in [2.75, 3.05) is 6.54 Å². The summed E-state index contributed by atoms with van der Waals surface area (Å²) in [6.45, 7) is 0.946. The minimum atomic E-state index is 0.885. The lowest BCUT2D eigenvalue weighted by molar-refractivity contribution is 0.194. The maximum absolute atomic E-state index is 5.76. The molecule has 2 aliphatic rings. The molecule has 0 spiro atoms. The van der Waals surface area contributed by atoms with Gasteiger partial charge in [0.1, 0.15) is 0 Å². The van der Waals surface area contributed by atoms with Crippen LogP contribution in [0, 0.1) is 17.8 Å². The molecule has 2 N–H and O–H groups in total. The van der Waals surface area contributed by atoms with Crippen LogP contribution in [-0.2, 0) is 0 Å². The van der Waals surface area contributed by atoms with Crippen LogP contribution in [0.5, 0.6) is 0 Å². The second-order valence-corrected chi connectivity index (χ2v) is 4.37. The summed E-state index contributed by atoms with van der Waals surface area (Å²) < 4.78 is 0. The topological polar surface area (TPSA) is 26.0 Å². The molecule has 0 unspecified atom stereocenters. The molecule has 0 radical (unpaired) electrons. The van der Waals surface area contributed by atoms with Crippen LogP contribution in [0.15, 0.2) is 0 Å². The van der Waals surface area contributed by atoms with E-state index < -0.39 is 0 Å². The minimum absolute atomic E-state index is 0.885. The summed E-state index contributed by atoms with van der Waals surface area (Å²) in [5.41, 5.74) is 5.76. The Hall–Kier alpha value is -0.0400. The van der Waals surface area contributed by atoms with Gasteiger partial charge in [0.2, 0.25) is 0 Å². The molecule has 0 aromatic carbocycles. The van der Waals surface area contributed by atoms with Crippen LogP contribution < -0.4 is 5.73 Å². The molecule has 0 heterocycles. The van der Waals surface area contributed by atoms with E-state index in [4.69, 9.17) is 5.73 Å². The molecule has 2 fully saturated rings. The zero-order chi connectivity index (χ0) is 7.68. The minimum Gasteiger partial charge on any atom is -0.330 e. The lowest BCUT2D eigenvalue weighted by Crippen LogP contribution is -2.28. The highest BCUT2D eigenvalue weighted by Gasteiger charge is 2.31. The Morgan fingerprint density at radius 3 is 2.27 bits per heavy atom. The van der Waals surface area contributed by atoms with Crippen molar-refractivity contribution >= 4 is 0 Å². The molecular formula is C10H19N. The van der Waals surface area contributed by atoms with Gasteiger partial charge in [0, 0.05) is 0 Å². The predicted molar refractivity (Wildman–Crippen MR) is 47.2 cm³/mol. The molecule has 0 aromatic rings. The summed E-state index contributed by atoms with van der Waals surface area (Å²) in [6, 6.07) is 0. The van der Waals surface area contributed by atoms with Crippen LogP contribution >= 0.6 is 0 Å². The Morgan fingerprint density at radius 2 is 1.91 bits per heavy atom. The van der Waals surface area contributed by atoms with Crippen molar-refractivity contribution in [1.82, 2.24) is 0 Å². The second-order valence-electron chi connectivity index (χ2n) is 4.37. The predicted octanol–water partition coefficient (Wildman–Crippen LogP) is 2.16. The molecule has 1 atom stereocenters. The van der Waals surface area contributed by atoms with E-state index in [0.29, 0.717) is 0 Å². The lowest BCUT2D eigenvalue weighted by atomic mass is 9.74. The Labute approximate surface area is 69.4 Å². The Morgan fingerprint density at radius 1 is 1.18 bits per heavy atom. The van der Waals surface area contributed by atoms with E-state index in [0.717, 1.165) is 24.3 Å². The average molecular weight is 153 g/mol. The molecule has 2 saturated carbocycles. The van der Waals surface area contributed by atoms with Crippen LogP contribution in [0.2, 0.25) is 0 Å². The molecule has 2 aliphatic carbocycles. The average Bonchev–Trinajstić information content (AvgIpc) is 2.66. The molecule has 0 aliphatic heterocycles. The molecule has 0 saturated heterocycles. The number of hydrogen-bond donors (Lipinski definition) is 1. The van der Waals surface area contributed by atoms with Gasteiger partial charge in [0.05, 0.1) is 0 Å². The van der Waals surface area contributed by atoms with Gasteiger partial charge in [-0.05, 0) is 30.7 Å². The first-order valence-electron chi connectivity index (χ1n) is 5.10. The van der Waals surface area contributed by atoms with Crippen molar-refractivity contribution in [1.29, 1.82) is 0 Å². The lowest BCUT2D eigenvalue weighted by Gasteiger charge is -2.33. The van der Waals surface area contributed by atoms with E-state index in [1.54, 1.807) is 0 Å². The van der Waals surface area contributed by atoms with Crippen LogP contribution in [0.1, 0.15) is 38.5 Å². The van der Waals surface area contributed by atoms with Crippen LogP contribution in [0.3, 0.4) is 0 Å². The third-order valence-electron chi connectivity index (χ3n) is 3.45. The first-order valence-corrected chi connectivity index (χ1v) is 5.10. The quantitative estimate of drug-likeness (QED) is 0.658. The van der Waals surface area contributed by atoms with Crippen molar-refractivity contribution < 1.29 is 0 Å². The Kier molecular flexibility index (Phi) is 2.17. The molecule has 64 valence electrons. The Bertz CT molecular complexity index is 125. The smallest absolute Gasteiger partial charge is 0.00461 e. The third kappa shape index (κ3) is 1.76. The SMILES string of the molecule is NC[C@H](CC1CC1)C1CCC1. The number of nitrogens with two attached hydrogens (primary N) is 1. The fraction of sp³-hybridized carbons (Fsp3) is 1.00. The molecule has 0 bridgehead atoms. The van der Waals surface area contributed by atoms with Crippen molar-refractivity contribution in [2.45, 2.75) is 38.5 Å². The van der Waals surface area contributed by atoms with Crippen molar-refractivity contribution in [3.8, 4) is 0 Å². The number of rotatable bonds is 4. The van der Waals surface area contributed by atoms with Gasteiger partial charge in [-0.3, -0.25) is 0 Å². The molecule has 1 nitrogen and oxygen atoms in total. The highest BCUT2D eigenvalue weighted by atomic mass is 14.6. The molecule has 0 aromatic heterocycles. The summed E-state index contributed by atoms with van der Waals surface area (Å²) in [5, 5.41) is 0. The first-order chi connectivity index (χ1) is 5.40. The van der Waals surface area contributed by atoms with Crippen LogP contribution in [-0.4, -0.2) is 6.54 Å². The van der Waals surface area contributed by atoms with E-state index >= 15 is 0 Å². The summed E-state index contributed by atoms with van der Waals surface area (Å²) in [5.74, 6) is 2.97. The third-order valence-corrected chi connectivity index (χ3v) is 3.45. The van der Waals surface area contributed by atoms with Gasteiger partial charge in [-0.2, -0.15) is 0 Å².